The number of carboxylic acids is 1. The molecule has 0 aromatic rings. The lowest BCUT2D eigenvalue weighted by Gasteiger charge is -2.38. The van der Waals surface area contributed by atoms with E-state index in [9.17, 15) is 9.59 Å². The molecule has 1 aliphatic rings. The quantitative estimate of drug-likeness (QED) is 0.680. The topological polar surface area (TPSA) is 78.4 Å². The highest BCUT2D eigenvalue weighted by Gasteiger charge is 2.32. The van der Waals surface area contributed by atoms with Crippen molar-refractivity contribution < 1.29 is 14.7 Å². The molecular weight excluding hydrogens is 232 g/mol. The standard InChI is InChI=1S/C13H24N2O3/c1-4-9(2)10(11(16)17)15-12(18)14-8-13(3)6-5-7-13/h9-10H,4-8H2,1-3H3,(H,16,17)(H2,14,15,18)/t9?,10-/m0/s1. The van der Waals surface area contributed by atoms with Crippen LogP contribution in [0.25, 0.3) is 0 Å². The first-order valence-corrected chi connectivity index (χ1v) is 6.65. The third-order valence-electron chi connectivity index (χ3n) is 4.00. The molecule has 2 atom stereocenters. The van der Waals surface area contributed by atoms with Crippen molar-refractivity contribution in [3.8, 4) is 0 Å². The van der Waals surface area contributed by atoms with Crippen molar-refractivity contribution in [2.75, 3.05) is 6.54 Å². The molecule has 1 rings (SSSR count). The molecular formula is C13H24N2O3. The summed E-state index contributed by atoms with van der Waals surface area (Å²) in [6.07, 6.45) is 4.18. The highest BCUT2D eigenvalue weighted by Crippen LogP contribution is 2.39. The molecule has 0 heterocycles. The molecule has 0 bridgehead atoms. The number of nitrogens with one attached hydrogen (secondary N) is 2. The summed E-state index contributed by atoms with van der Waals surface area (Å²) in [5.41, 5.74) is 0.201. The van der Waals surface area contributed by atoms with E-state index in [1.165, 1.54) is 6.42 Å². The Bertz CT molecular complexity index is 313. The van der Waals surface area contributed by atoms with Crippen LogP contribution in [0.3, 0.4) is 0 Å². The molecule has 2 amide bonds. The Morgan fingerprint density at radius 1 is 1.39 bits per heavy atom. The van der Waals surface area contributed by atoms with Gasteiger partial charge in [-0.15, -0.1) is 0 Å². The van der Waals surface area contributed by atoms with Gasteiger partial charge in [-0.25, -0.2) is 9.59 Å². The molecule has 104 valence electrons. The van der Waals surface area contributed by atoms with Crippen molar-refractivity contribution >= 4 is 12.0 Å². The van der Waals surface area contributed by atoms with Crippen LogP contribution >= 0.6 is 0 Å². The largest absolute Gasteiger partial charge is 0.480 e. The Morgan fingerprint density at radius 2 is 2.00 bits per heavy atom. The minimum absolute atomic E-state index is 0.0764. The van der Waals surface area contributed by atoms with Gasteiger partial charge in [0.25, 0.3) is 0 Å². The zero-order valence-electron chi connectivity index (χ0n) is 11.5. The Morgan fingerprint density at radius 3 is 2.39 bits per heavy atom. The summed E-state index contributed by atoms with van der Waals surface area (Å²) >= 11 is 0. The number of hydrogen-bond acceptors (Lipinski definition) is 2. The molecule has 0 saturated heterocycles. The van der Waals surface area contributed by atoms with E-state index in [1.807, 2.05) is 13.8 Å². The van der Waals surface area contributed by atoms with E-state index in [2.05, 4.69) is 17.6 Å². The van der Waals surface area contributed by atoms with Gasteiger partial charge in [0.1, 0.15) is 6.04 Å². The minimum atomic E-state index is -0.977. The first-order chi connectivity index (χ1) is 8.38. The average molecular weight is 256 g/mol. The maximum Gasteiger partial charge on any atom is 0.326 e. The first-order valence-electron chi connectivity index (χ1n) is 6.65. The van der Waals surface area contributed by atoms with Gasteiger partial charge < -0.3 is 15.7 Å². The zero-order valence-corrected chi connectivity index (χ0v) is 11.5. The average Bonchev–Trinajstić information content (AvgIpc) is 2.29. The third kappa shape index (κ3) is 3.89. The molecule has 1 aliphatic carbocycles. The van der Waals surface area contributed by atoms with Crippen molar-refractivity contribution in [3.05, 3.63) is 0 Å². The predicted molar refractivity (Wildman–Crippen MR) is 69.4 cm³/mol. The number of rotatable bonds is 6. The second kappa shape index (κ2) is 6.07. The van der Waals surface area contributed by atoms with Gasteiger partial charge >= 0.3 is 12.0 Å². The summed E-state index contributed by atoms with van der Waals surface area (Å²) < 4.78 is 0. The number of carbonyl (C=O) groups is 2. The third-order valence-corrected chi connectivity index (χ3v) is 4.00. The van der Waals surface area contributed by atoms with E-state index in [-0.39, 0.29) is 17.4 Å². The van der Waals surface area contributed by atoms with Crippen molar-refractivity contribution in [2.24, 2.45) is 11.3 Å². The van der Waals surface area contributed by atoms with Gasteiger partial charge in [-0.3, -0.25) is 0 Å². The molecule has 5 heteroatoms. The lowest BCUT2D eigenvalue weighted by atomic mass is 9.70. The van der Waals surface area contributed by atoms with Crippen molar-refractivity contribution in [2.45, 2.75) is 52.5 Å². The summed E-state index contributed by atoms with van der Waals surface area (Å²) in [4.78, 5) is 22.7. The summed E-state index contributed by atoms with van der Waals surface area (Å²) in [7, 11) is 0. The molecule has 1 saturated carbocycles. The summed E-state index contributed by atoms with van der Waals surface area (Å²) in [6.45, 7) is 6.49. The predicted octanol–water partition coefficient (Wildman–Crippen LogP) is 1.98. The monoisotopic (exact) mass is 256 g/mol. The molecule has 0 radical (unpaired) electrons. The van der Waals surface area contributed by atoms with Gasteiger partial charge in [0, 0.05) is 6.54 Å². The number of aliphatic carboxylic acids is 1. The van der Waals surface area contributed by atoms with Crippen LogP contribution in [0.15, 0.2) is 0 Å². The summed E-state index contributed by atoms with van der Waals surface area (Å²) in [6, 6.07) is -1.19. The summed E-state index contributed by atoms with van der Waals surface area (Å²) in [5, 5.41) is 14.4. The number of urea groups is 1. The van der Waals surface area contributed by atoms with Crippen LogP contribution in [0, 0.1) is 11.3 Å². The number of hydrogen-bond donors (Lipinski definition) is 3. The van der Waals surface area contributed by atoms with Gasteiger partial charge in [0.05, 0.1) is 0 Å². The van der Waals surface area contributed by atoms with Gasteiger partial charge in [0.2, 0.25) is 0 Å². The van der Waals surface area contributed by atoms with E-state index >= 15 is 0 Å². The van der Waals surface area contributed by atoms with Crippen molar-refractivity contribution in [1.82, 2.24) is 10.6 Å². The molecule has 1 fully saturated rings. The lowest BCUT2D eigenvalue weighted by molar-refractivity contribution is -0.140. The highest BCUT2D eigenvalue weighted by atomic mass is 16.4. The van der Waals surface area contributed by atoms with Crippen LogP contribution < -0.4 is 10.6 Å². The van der Waals surface area contributed by atoms with Crippen molar-refractivity contribution in [1.29, 1.82) is 0 Å². The van der Waals surface area contributed by atoms with Crippen LogP contribution in [0.4, 0.5) is 4.79 Å². The maximum atomic E-state index is 11.7. The molecule has 1 unspecified atom stereocenters. The fourth-order valence-electron chi connectivity index (χ4n) is 2.13. The fourth-order valence-corrected chi connectivity index (χ4v) is 2.13. The zero-order chi connectivity index (χ0) is 13.8. The molecule has 18 heavy (non-hydrogen) atoms. The van der Waals surface area contributed by atoms with Gasteiger partial charge in [-0.1, -0.05) is 33.6 Å². The summed E-state index contributed by atoms with van der Waals surface area (Å²) in [5.74, 6) is -1.05. The molecule has 0 aromatic carbocycles. The van der Waals surface area contributed by atoms with Crippen LogP contribution in [-0.2, 0) is 4.79 Å². The van der Waals surface area contributed by atoms with Crippen molar-refractivity contribution in [3.63, 3.8) is 0 Å². The second-order valence-corrected chi connectivity index (χ2v) is 5.69. The van der Waals surface area contributed by atoms with E-state index in [0.29, 0.717) is 6.54 Å². The van der Waals surface area contributed by atoms with Gasteiger partial charge in [-0.2, -0.15) is 0 Å². The minimum Gasteiger partial charge on any atom is -0.480 e. The molecule has 0 spiro atoms. The maximum absolute atomic E-state index is 11.7. The van der Waals surface area contributed by atoms with E-state index < -0.39 is 12.0 Å². The molecule has 5 nitrogen and oxygen atoms in total. The lowest BCUT2D eigenvalue weighted by Crippen LogP contribution is -2.51. The Kier molecular flexibility index (Phi) is 4.99. The van der Waals surface area contributed by atoms with Crippen LogP contribution in [-0.4, -0.2) is 29.7 Å². The van der Waals surface area contributed by atoms with E-state index in [4.69, 9.17) is 5.11 Å². The van der Waals surface area contributed by atoms with Crippen LogP contribution in [0.1, 0.15) is 46.5 Å². The van der Waals surface area contributed by atoms with Crippen LogP contribution in [0.2, 0.25) is 0 Å². The number of carboxylic acid groups (broad SMARTS) is 1. The van der Waals surface area contributed by atoms with E-state index in [1.54, 1.807) is 0 Å². The smallest absolute Gasteiger partial charge is 0.326 e. The molecule has 0 aliphatic heterocycles. The normalized spacial score (nSPS) is 20.4. The Balaban J connectivity index is 2.39. The molecule has 0 aromatic heterocycles. The van der Waals surface area contributed by atoms with E-state index in [0.717, 1.165) is 19.3 Å². The second-order valence-electron chi connectivity index (χ2n) is 5.69. The van der Waals surface area contributed by atoms with Gasteiger partial charge in [-0.05, 0) is 24.2 Å². The van der Waals surface area contributed by atoms with Crippen LogP contribution in [0.5, 0.6) is 0 Å². The number of carbonyl (C=O) groups excluding carboxylic acids is 1. The SMILES string of the molecule is CCC(C)[C@H](NC(=O)NCC1(C)CCC1)C(=O)O. The highest BCUT2D eigenvalue weighted by molar-refractivity contribution is 5.82. The Labute approximate surface area is 108 Å². The molecule has 3 N–H and O–H groups in total. The Hall–Kier alpha value is -1.26. The number of amides is 2. The van der Waals surface area contributed by atoms with Gasteiger partial charge in [0.15, 0.2) is 0 Å². The fraction of sp³-hybridized carbons (Fsp3) is 0.846. The first kappa shape index (κ1) is 14.8.